The fourth-order valence-electron chi connectivity index (χ4n) is 4.14. The monoisotopic (exact) mass is 420 g/mol. The molecule has 2 aromatic carbocycles. The van der Waals surface area contributed by atoms with Gasteiger partial charge >= 0.3 is 6.01 Å². The summed E-state index contributed by atoms with van der Waals surface area (Å²) in [5.74, 6) is 0.582. The zero-order chi connectivity index (χ0) is 20.9. The number of ketones is 1. The van der Waals surface area contributed by atoms with Crippen molar-refractivity contribution >= 4 is 40.5 Å². The summed E-state index contributed by atoms with van der Waals surface area (Å²) < 4.78 is 5.78. The predicted octanol–water partition coefficient (Wildman–Crippen LogP) is 5.24. The van der Waals surface area contributed by atoms with Crippen molar-refractivity contribution in [2.75, 3.05) is 5.32 Å². The molecule has 0 saturated carbocycles. The van der Waals surface area contributed by atoms with Crippen LogP contribution in [0.25, 0.3) is 11.1 Å². The van der Waals surface area contributed by atoms with Gasteiger partial charge in [0, 0.05) is 22.7 Å². The molecular formula is C23H21ClN4O2. The van der Waals surface area contributed by atoms with Crippen molar-refractivity contribution in [1.29, 1.82) is 0 Å². The summed E-state index contributed by atoms with van der Waals surface area (Å²) in [5.41, 5.74) is 3.67. The highest BCUT2D eigenvalue weighted by molar-refractivity contribution is 6.31. The third-order valence-electron chi connectivity index (χ3n) is 5.44. The van der Waals surface area contributed by atoms with Crippen molar-refractivity contribution in [2.24, 2.45) is 10.4 Å². The summed E-state index contributed by atoms with van der Waals surface area (Å²) in [7, 11) is 0. The van der Waals surface area contributed by atoms with Gasteiger partial charge in [0.1, 0.15) is 11.6 Å². The van der Waals surface area contributed by atoms with Crippen molar-refractivity contribution in [3.63, 3.8) is 0 Å². The molecule has 1 atom stereocenters. The number of aliphatic imine (C=N–C) groups is 1. The minimum atomic E-state index is -0.481. The molecule has 152 valence electrons. The number of hydrogen-bond donors (Lipinski definition) is 2. The van der Waals surface area contributed by atoms with Crippen molar-refractivity contribution in [2.45, 2.75) is 32.7 Å². The van der Waals surface area contributed by atoms with E-state index in [1.165, 1.54) is 0 Å². The van der Waals surface area contributed by atoms with Crippen LogP contribution >= 0.6 is 11.6 Å². The minimum absolute atomic E-state index is 0.100. The van der Waals surface area contributed by atoms with Gasteiger partial charge in [-0.25, -0.2) is 4.99 Å². The van der Waals surface area contributed by atoms with Crippen molar-refractivity contribution < 1.29 is 9.21 Å². The molecule has 1 aliphatic heterocycles. The van der Waals surface area contributed by atoms with E-state index in [1.807, 2.05) is 48.5 Å². The molecule has 1 aliphatic carbocycles. The van der Waals surface area contributed by atoms with Crippen LogP contribution in [-0.4, -0.2) is 16.7 Å². The maximum absolute atomic E-state index is 13.1. The number of aromatic nitrogens is 1. The first-order valence-electron chi connectivity index (χ1n) is 9.88. The molecule has 5 rings (SSSR count). The topological polar surface area (TPSA) is 79.5 Å². The Morgan fingerprint density at radius 3 is 2.70 bits per heavy atom. The van der Waals surface area contributed by atoms with Crippen molar-refractivity contribution in [3.05, 3.63) is 70.4 Å². The van der Waals surface area contributed by atoms with Gasteiger partial charge in [0.15, 0.2) is 11.4 Å². The molecule has 1 aromatic heterocycles. The SMILES string of the molecule is CC1(C)CC(=O)C2=C(C1)NC(Nc1nc3ccccc3o1)=N[C@@H]2c1ccccc1Cl. The van der Waals surface area contributed by atoms with Crippen LogP contribution in [0.15, 0.2) is 69.2 Å². The lowest BCUT2D eigenvalue weighted by molar-refractivity contribution is -0.118. The van der Waals surface area contributed by atoms with Gasteiger partial charge in [-0.1, -0.05) is 55.8 Å². The number of fused-ring (bicyclic) bond motifs is 1. The number of nitrogens with zero attached hydrogens (tertiary/aromatic N) is 2. The highest BCUT2D eigenvalue weighted by Crippen LogP contribution is 2.44. The zero-order valence-corrected chi connectivity index (χ0v) is 17.5. The highest BCUT2D eigenvalue weighted by Gasteiger charge is 2.40. The van der Waals surface area contributed by atoms with E-state index < -0.39 is 6.04 Å². The number of carbonyl (C=O) groups is 1. The third-order valence-corrected chi connectivity index (χ3v) is 5.78. The first-order valence-corrected chi connectivity index (χ1v) is 10.3. The van der Waals surface area contributed by atoms with E-state index in [9.17, 15) is 4.79 Å². The van der Waals surface area contributed by atoms with Gasteiger partial charge in [-0.2, -0.15) is 4.98 Å². The number of benzene rings is 2. The Hall–Kier alpha value is -3.12. The number of carbonyl (C=O) groups excluding carboxylic acids is 1. The molecule has 3 aromatic rings. The van der Waals surface area contributed by atoms with E-state index >= 15 is 0 Å². The Kier molecular flexibility index (Phi) is 4.40. The van der Waals surface area contributed by atoms with Crippen LogP contribution in [-0.2, 0) is 4.79 Å². The lowest BCUT2D eigenvalue weighted by atomic mass is 9.73. The molecular weight excluding hydrogens is 400 g/mol. The lowest BCUT2D eigenvalue weighted by Crippen LogP contribution is -2.41. The van der Waals surface area contributed by atoms with E-state index in [0.29, 0.717) is 34.6 Å². The van der Waals surface area contributed by atoms with Crippen molar-refractivity contribution in [1.82, 2.24) is 10.3 Å². The molecule has 7 heteroatoms. The van der Waals surface area contributed by atoms with Crippen molar-refractivity contribution in [3.8, 4) is 0 Å². The van der Waals surface area contributed by atoms with Gasteiger partial charge in [0.25, 0.3) is 0 Å². The quantitative estimate of drug-likeness (QED) is 0.592. The molecule has 30 heavy (non-hydrogen) atoms. The number of anilines is 1. The molecule has 0 saturated heterocycles. The van der Waals surface area contributed by atoms with E-state index in [0.717, 1.165) is 23.2 Å². The second-order valence-electron chi connectivity index (χ2n) is 8.47. The van der Waals surface area contributed by atoms with Crippen LogP contribution in [0.3, 0.4) is 0 Å². The number of guanidine groups is 1. The van der Waals surface area contributed by atoms with E-state index in [-0.39, 0.29) is 11.2 Å². The molecule has 2 aliphatic rings. The number of allylic oxidation sites excluding steroid dienone is 1. The number of hydrogen-bond acceptors (Lipinski definition) is 6. The second kappa shape index (κ2) is 6.99. The third kappa shape index (κ3) is 3.37. The Morgan fingerprint density at radius 1 is 1.13 bits per heavy atom. The molecule has 0 amide bonds. The maximum Gasteiger partial charge on any atom is 0.302 e. The fourth-order valence-corrected chi connectivity index (χ4v) is 4.38. The van der Waals surface area contributed by atoms with Crippen LogP contribution in [0.2, 0.25) is 5.02 Å². The highest BCUT2D eigenvalue weighted by atomic mass is 35.5. The van der Waals surface area contributed by atoms with Gasteiger partial charge in [-0.15, -0.1) is 0 Å². The molecule has 2 heterocycles. The number of rotatable bonds is 2. The average Bonchev–Trinajstić information content (AvgIpc) is 3.08. The Bertz CT molecular complexity index is 1190. The first-order chi connectivity index (χ1) is 14.4. The van der Waals surface area contributed by atoms with Crippen LogP contribution in [0.5, 0.6) is 0 Å². The first kappa shape index (κ1) is 18.9. The number of halogens is 1. The number of Topliss-reactive ketones (excluding diaryl/α,β-unsaturated/α-hetero) is 1. The fraction of sp³-hybridized carbons (Fsp3) is 0.261. The second-order valence-corrected chi connectivity index (χ2v) is 8.88. The van der Waals surface area contributed by atoms with Gasteiger partial charge < -0.3 is 9.73 Å². The minimum Gasteiger partial charge on any atom is -0.423 e. The molecule has 0 unspecified atom stereocenters. The molecule has 2 N–H and O–H groups in total. The number of para-hydroxylation sites is 2. The van der Waals surface area contributed by atoms with Gasteiger partial charge in [-0.05, 0) is 35.6 Å². The van der Waals surface area contributed by atoms with Crippen LogP contribution in [0.1, 0.15) is 38.3 Å². The Balaban J connectivity index is 1.56. The summed E-state index contributed by atoms with van der Waals surface area (Å²) in [5, 5.41) is 7.03. The molecule has 6 nitrogen and oxygen atoms in total. The summed E-state index contributed by atoms with van der Waals surface area (Å²) in [6.45, 7) is 4.20. The smallest absolute Gasteiger partial charge is 0.302 e. The molecule has 0 bridgehead atoms. The largest absolute Gasteiger partial charge is 0.423 e. The molecule has 0 radical (unpaired) electrons. The van der Waals surface area contributed by atoms with E-state index in [2.05, 4.69) is 29.5 Å². The Morgan fingerprint density at radius 2 is 1.90 bits per heavy atom. The predicted molar refractivity (Wildman–Crippen MR) is 117 cm³/mol. The standard InChI is InChI=1S/C23H21ClN4O2/c1-23(2)11-16-19(17(29)12-23)20(13-7-3-4-8-14(13)24)27-21(25-16)28-22-26-15-9-5-6-10-18(15)30-22/h3-10,20H,11-12H2,1-2H3,(H2,25,26,27,28)/t20-/m1/s1. The lowest BCUT2D eigenvalue weighted by Gasteiger charge is -2.37. The van der Waals surface area contributed by atoms with Gasteiger partial charge in [0.05, 0.1) is 0 Å². The number of oxazole rings is 1. The summed E-state index contributed by atoms with van der Waals surface area (Å²) >= 11 is 6.48. The maximum atomic E-state index is 13.1. The van der Waals surface area contributed by atoms with E-state index in [4.69, 9.17) is 21.0 Å². The summed E-state index contributed by atoms with van der Waals surface area (Å²) in [6, 6.07) is 14.9. The number of nitrogens with one attached hydrogen (secondary N) is 2. The summed E-state index contributed by atoms with van der Waals surface area (Å²) in [4.78, 5) is 22.3. The summed E-state index contributed by atoms with van der Waals surface area (Å²) in [6.07, 6.45) is 1.22. The zero-order valence-electron chi connectivity index (χ0n) is 16.7. The Labute approximate surface area is 179 Å². The van der Waals surface area contributed by atoms with Gasteiger partial charge in [0.2, 0.25) is 5.96 Å². The average molecular weight is 421 g/mol. The van der Waals surface area contributed by atoms with Crippen LogP contribution in [0.4, 0.5) is 6.01 Å². The molecule has 0 fully saturated rings. The normalized spacial score (nSPS) is 20.6. The molecule has 0 spiro atoms. The van der Waals surface area contributed by atoms with E-state index in [1.54, 1.807) is 0 Å². The van der Waals surface area contributed by atoms with Crippen LogP contribution in [0, 0.1) is 5.41 Å². The van der Waals surface area contributed by atoms with Gasteiger partial charge in [-0.3, -0.25) is 10.1 Å². The van der Waals surface area contributed by atoms with Crippen LogP contribution < -0.4 is 10.6 Å².